The summed E-state index contributed by atoms with van der Waals surface area (Å²) in [4.78, 5) is 3.67. The molecule has 1 heterocycles. The van der Waals surface area contributed by atoms with Gasteiger partial charge in [0.15, 0.2) is 0 Å². The molecule has 1 aromatic rings. The van der Waals surface area contributed by atoms with Crippen LogP contribution in [-0.2, 0) is 18.9 Å². The fourth-order valence-corrected chi connectivity index (χ4v) is 4.47. The summed E-state index contributed by atoms with van der Waals surface area (Å²) in [7, 11) is 1.95. The van der Waals surface area contributed by atoms with Crippen molar-refractivity contribution in [1.29, 1.82) is 0 Å². The smallest absolute Gasteiger partial charge is 0.250 e. The second-order valence-corrected chi connectivity index (χ2v) is 7.02. The summed E-state index contributed by atoms with van der Waals surface area (Å²) in [5, 5.41) is 15.1. The number of fused-ring (bicyclic) bond motifs is 3. The van der Waals surface area contributed by atoms with Crippen LogP contribution in [-0.4, -0.2) is 27.0 Å². The molecule has 2 aliphatic rings. The van der Waals surface area contributed by atoms with Gasteiger partial charge < -0.3 is 9.95 Å². The Bertz CT molecular complexity index is 568. The Labute approximate surface area is 114 Å². The van der Waals surface area contributed by atoms with Gasteiger partial charge in [-0.2, -0.15) is 5.10 Å². The molecule has 4 heteroatoms. The number of aromatic nitrogens is 2. The lowest BCUT2D eigenvalue weighted by Gasteiger charge is -2.49. The van der Waals surface area contributed by atoms with E-state index in [9.17, 15) is 5.11 Å². The Morgan fingerprint density at radius 1 is 1.47 bits per heavy atom. The van der Waals surface area contributed by atoms with Crippen molar-refractivity contribution in [2.45, 2.75) is 51.2 Å². The minimum Gasteiger partial charge on any atom is -0.384 e. The molecule has 1 saturated carbocycles. The van der Waals surface area contributed by atoms with Gasteiger partial charge in [0.25, 0.3) is 6.04 Å². The van der Waals surface area contributed by atoms with E-state index in [1.807, 2.05) is 11.7 Å². The van der Waals surface area contributed by atoms with E-state index >= 15 is 0 Å². The normalized spacial score (nSPS) is 39.5. The van der Waals surface area contributed by atoms with E-state index in [-0.39, 0.29) is 16.9 Å². The van der Waals surface area contributed by atoms with Crippen LogP contribution in [0.1, 0.15) is 38.4 Å². The molecular weight excluding hydrogens is 238 g/mol. The molecule has 0 radical (unpaired) electrons. The van der Waals surface area contributed by atoms with E-state index in [0.29, 0.717) is 5.92 Å². The summed E-state index contributed by atoms with van der Waals surface area (Å²) < 4.78 is 1.87. The van der Waals surface area contributed by atoms with E-state index in [1.54, 1.807) is 0 Å². The summed E-state index contributed by atoms with van der Waals surface area (Å²) >= 11 is 0. The average molecular weight is 259 g/mol. The largest absolute Gasteiger partial charge is 0.384 e. The lowest BCUT2D eigenvalue weighted by Crippen LogP contribution is -2.56. The zero-order valence-electron chi connectivity index (χ0n) is 12.0. The lowest BCUT2D eigenvalue weighted by atomic mass is 9.55. The van der Waals surface area contributed by atoms with Gasteiger partial charge in [0, 0.05) is 30.5 Å². The second-order valence-electron chi connectivity index (χ2n) is 7.02. The van der Waals surface area contributed by atoms with Crippen molar-refractivity contribution in [3.8, 4) is 0 Å². The predicted octanol–water partition coefficient (Wildman–Crippen LogP) is 1.93. The van der Waals surface area contributed by atoms with Crippen molar-refractivity contribution in [2.24, 2.45) is 18.4 Å². The molecule has 19 heavy (non-hydrogen) atoms. The molecule has 3 rings (SSSR count). The molecule has 0 aromatic carbocycles. The molecule has 1 fully saturated rings. The molecule has 1 N–H and O–H groups in total. The number of aliphatic hydroxyl groups excluding tert-OH is 1. The van der Waals surface area contributed by atoms with Gasteiger partial charge in [-0.25, -0.2) is 6.57 Å². The highest BCUT2D eigenvalue weighted by molar-refractivity contribution is 5.37. The third-order valence-electron chi connectivity index (χ3n) is 5.46. The zero-order valence-corrected chi connectivity index (χ0v) is 12.0. The van der Waals surface area contributed by atoms with Crippen molar-refractivity contribution in [3.05, 3.63) is 28.9 Å². The van der Waals surface area contributed by atoms with E-state index in [0.717, 1.165) is 18.5 Å². The molecule has 1 aromatic heterocycles. The summed E-state index contributed by atoms with van der Waals surface area (Å²) in [5.74, 6) is 0.367. The second kappa shape index (κ2) is 3.61. The quantitative estimate of drug-likeness (QED) is 0.723. The number of nitrogens with zero attached hydrogens (tertiary/aromatic N) is 3. The summed E-state index contributed by atoms with van der Waals surface area (Å²) in [6.45, 7) is 13.8. The molecular formula is C15H21N3O. The molecule has 0 amide bonds. The molecule has 4 atom stereocenters. The standard InChI is InChI=1S/C15H21N3O/c1-14(2)11-6-9-8-18(5)17-12(9)15(11,3)7-10(16-4)13(14)19/h8,10-11,13,19H,6-7H2,1-3,5H3/t10?,11-,13?,15+/m1/s1. The number of hydrogen-bond donors (Lipinski definition) is 1. The van der Waals surface area contributed by atoms with E-state index < -0.39 is 6.10 Å². The first-order chi connectivity index (χ1) is 8.80. The van der Waals surface area contributed by atoms with Gasteiger partial charge in [-0.3, -0.25) is 4.68 Å². The van der Waals surface area contributed by atoms with E-state index in [1.165, 1.54) is 5.56 Å². The van der Waals surface area contributed by atoms with Crippen molar-refractivity contribution in [3.63, 3.8) is 0 Å². The summed E-state index contributed by atoms with van der Waals surface area (Å²) in [5.41, 5.74) is 2.12. The molecule has 0 aliphatic heterocycles. The first-order valence-electron chi connectivity index (χ1n) is 6.88. The van der Waals surface area contributed by atoms with E-state index in [4.69, 9.17) is 6.57 Å². The highest BCUT2D eigenvalue weighted by atomic mass is 16.3. The van der Waals surface area contributed by atoms with Crippen molar-refractivity contribution >= 4 is 0 Å². The lowest BCUT2D eigenvalue weighted by molar-refractivity contribution is -0.0649. The van der Waals surface area contributed by atoms with Gasteiger partial charge in [0.05, 0.1) is 5.69 Å². The summed E-state index contributed by atoms with van der Waals surface area (Å²) in [6, 6.07) is -0.316. The maximum absolute atomic E-state index is 10.5. The Hall–Kier alpha value is -1.34. The summed E-state index contributed by atoms with van der Waals surface area (Å²) in [6.07, 6.45) is 3.24. The van der Waals surface area contributed by atoms with Gasteiger partial charge in [0.2, 0.25) is 0 Å². The Morgan fingerprint density at radius 3 is 2.79 bits per heavy atom. The molecule has 0 spiro atoms. The van der Waals surface area contributed by atoms with Crippen LogP contribution in [0.3, 0.4) is 0 Å². The van der Waals surface area contributed by atoms with Crippen LogP contribution in [0.25, 0.3) is 4.85 Å². The fraction of sp³-hybridized carbons (Fsp3) is 0.733. The maximum atomic E-state index is 10.5. The van der Waals surface area contributed by atoms with Crippen LogP contribution in [0.5, 0.6) is 0 Å². The first-order valence-corrected chi connectivity index (χ1v) is 6.88. The van der Waals surface area contributed by atoms with Crippen LogP contribution in [0.4, 0.5) is 0 Å². The average Bonchev–Trinajstić information content (AvgIpc) is 2.82. The minimum absolute atomic E-state index is 0.0749. The third kappa shape index (κ3) is 1.45. The molecule has 2 unspecified atom stereocenters. The molecule has 2 aliphatic carbocycles. The van der Waals surface area contributed by atoms with Crippen LogP contribution < -0.4 is 0 Å². The van der Waals surface area contributed by atoms with Crippen LogP contribution in [0, 0.1) is 17.9 Å². The molecule has 0 saturated heterocycles. The van der Waals surface area contributed by atoms with Gasteiger partial charge in [0.1, 0.15) is 6.10 Å². The maximum Gasteiger partial charge on any atom is 0.250 e. The van der Waals surface area contributed by atoms with Crippen LogP contribution in [0.2, 0.25) is 0 Å². The Kier molecular flexibility index (Phi) is 2.41. The Balaban J connectivity index is 2.12. The minimum atomic E-state index is -0.541. The van der Waals surface area contributed by atoms with Gasteiger partial charge in [-0.15, -0.1) is 0 Å². The van der Waals surface area contributed by atoms with Crippen molar-refractivity contribution < 1.29 is 5.11 Å². The molecule has 102 valence electrons. The zero-order chi connectivity index (χ0) is 14.0. The first kappa shape index (κ1) is 12.7. The monoisotopic (exact) mass is 259 g/mol. The number of hydrogen-bond acceptors (Lipinski definition) is 2. The SMILES string of the molecule is [C-]#[N+]C1C[C@]2(C)c3nn(C)cc3C[C@@H]2C(C)(C)C1O. The fourth-order valence-electron chi connectivity index (χ4n) is 4.47. The van der Waals surface area contributed by atoms with Gasteiger partial charge in [-0.1, -0.05) is 20.8 Å². The van der Waals surface area contributed by atoms with Crippen molar-refractivity contribution in [1.82, 2.24) is 9.78 Å². The third-order valence-corrected chi connectivity index (χ3v) is 5.46. The number of rotatable bonds is 0. The van der Waals surface area contributed by atoms with Gasteiger partial charge >= 0.3 is 0 Å². The molecule has 0 bridgehead atoms. The van der Waals surface area contributed by atoms with E-state index in [2.05, 4.69) is 36.9 Å². The number of aliphatic hydroxyl groups is 1. The number of aryl methyl sites for hydroxylation is 1. The van der Waals surface area contributed by atoms with Crippen LogP contribution in [0.15, 0.2) is 6.20 Å². The van der Waals surface area contributed by atoms with Crippen LogP contribution >= 0.6 is 0 Å². The highest BCUT2D eigenvalue weighted by Crippen LogP contribution is 2.58. The topological polar surface area (TPSA) is 42.4 Å². The van der Waals surface area contributed by atoms with Gasteiger partial charge in [-0.05, 0) is 17.9 Å². The molecule has 4 nitrogen and oxygen atoms in total. The Morgan fingerprint density at radius 2 is 2.16 bits per heavy atom. The van der Waals surface area contributed by atoms with Crippen molar-refractivity contribution in [2.75, 3.05) is 0 Å². The predicted molar refractivity (Wildman–Crippen MR) is 72.5 cm³/mol. The highest BCUT2D eigenvalue weighted by Gasteiger charge is 2.62.